The lowest BCUT2D eigenvalue weighted by molar-refractivity contribution is -0.138. The second kappa shape index (κ2) is 2.94. The second-order valence-corrected chi connectivity index (χ2v) is 2.31. The van der Waals surface area contributed by atoms with Crippen molar-refractivity contribution in [2.75, 3.05) is 0 Å². The van der Waals surface area contributed by atoms with E-state index in [-0.39, 0.29) is 5.22 Å². The molecule has 1 rings (SSSR count). The molecule has 0 aromatic carbocycles. The molecule has 0 aliphatic heterocycles. The first-order chi connectivity index (χ1) is 5.13. The largest absolute Gasteiger partial charge is 0.480 e. The first-order valence-electron chi connectivity index (χ1n) is 2.84. The van der Waals surface area contributed by atoms with Crippen molar-refractivity contribution in [2.45, 2.75) is 6.04 Å². The Morgan fingerprint density at radius 2 is 2.45 bits per heavy atom. The highest BCUT2D eigenvalue weighted by atomic mass is 35.5. The molecule has 5 heteroatoms. The molecule has 0 fully saturated rings. The standard InChI is InChI=1S/C6H6ClNO3/c7-5-3(1-2-11-5)4(8)6(9)10/h1-2,4H,8H2,(H,9,10). The summed E-state index contributed by atoms with van der Waals surface area (Å²) >= 11 is 5.47. The Hall–Kier alpha value is -1.00. The summed E-state index contributed by atoms with van der Waals surface area (Å²) in [7, 11) is 0. The third-order valence-corrected chi connectivity index (χ3v) is 1.55. The molecule has 1 aromatic heterocycles. The fourth-order valence-electron chi connectivity index (χ4n) is 0.660. The Labute approximate surface area is 67.6 Å². The van der Waals surface area contributed by atoms with Crippen LogP contribution in [0.5, 0.6) is 0 Å². The SMILES string of the molecule is NC(C(=O)O)c1ccoc1Cl. The van der Waals surface area contributed by atoms with Gasteiger partial charge in [0.25, 0.3) is 0 Å². The fraction of sp³-hybridized carbons (Fsp3) is 0.167. The van der Waals surface area contributed by atoms with Gasteiger partial charge in [0.05, 0.1) is 6.26 Å². The number of halogens is 1. The molecule has 0 saturated carbocycles. The molecule has 1 atom stereocenters. The average molecular weight is 176 g/mol. The van der Waals surface area contributed by atoms with Crippen LogP contribution >= 0.6 is 11.6 Å². The van der Waals surface area contributed by atoms with Crippen molar-refractivity contribution in [1.82, 2.24) is 0 Å². The van der Waals surface area contributed by atoms with E-state index in [0.29, 0.717) is 5.56 Å². The van der Waals surface area contributed by atoms with Crippen molar-refractivity contribution >= 4 is 17.6 Å². The molecule has 4 nitrogen and oxygen atoms in total. The lowest BCUT2D eigenvalue weighted by Gasteiger charge is -2.01. The molecule has 0 saturated heterocycles. The maximum Gasteiger partial charge on any atom is 0.325 e. The zero-order valence-electron chi connectivity index (χ0n) is 5.45. The summed E-state index contributed by atoms with van der Waals surface area (Å²) in [5.41, 5.74) is 5.53. The number of aliphatic carboxylic acids is 1. The summed E-state index contributed by atoms with van der Waals surface area (Å²) in [6.07, 6.45) is 1.29. The van der Waals surface area contributed by atoms with Gasteiger partial charge in [-0.3, -0.25) is 4.79 Å². The van der Waals surface area contributed by atoms with Gasteiger partial charge >= 0.3 is 5.97 Å². The third-order valence-electron chi connectivity index (χ3n) is 1.25. The van der Waals surface area contributed by atoms with Gasteiger partial charge < -0.3 is 15.3 Å². The van der Waals surface area contributed by atoms with E-state index in [1.54, 1.807) is 0 Å². The Bertz CT molecular complexity index is 271. The third kappa shape index (κ3) is 1.53. The zero-order valence-corrected chi connectivity index (χ0v) is 6.21. The van der Waals surface area contributed by atoms with Crippen molar-refractivity contribution in [1.29, 1.82) is 0 Å². The van der Waals surface area contributed by atoms with Crippen LogP contribution in [-0.2, 0) is 4.79 Å². The quantitative estimate of drug-likeness (QED) is 0.704. The van der Waals surface area contributed by atoms with Crippen LogP contribution in [0.15, 0.2) is 16.7 Å². The van der Waals surface area contributed by atoms with E-state index in [2.05, 4.69) is 4.42 Å². The zero-order chi connectivity index (χ0) is 8.43. The minimum atomic E-state index is -1.13. The van der Waals surface area contributed by atoms with Gasteiger partial charge in [0, 0.05) is 5.56 Å². The topological polar surface area (TPSA) is 76.5 Å². The molecule has 3 N–H and O–H groups in total. The van der Waals surface area contributed by atoms with Crippen LogP contribution < -0.4 is 5.73 Å². The predicted molar refractivity (Wildman–Crippen MR) is 38.3 cm³/mol. The van der Waals surface area contributed by atoms with E-state index >= 15 is 0 Å². The van der Waals surface area contributed by atoms with Gasteiger partial charge in [0.1, 0.15) is 6.04 Å². The molecule has 11 heavy (non-hydrogen) atoms. The molecule has 0 spiro atoms. The highest BCUT2D eigenvalue weighted by Gasteiger charge is 2.18. The van der Waals surface area contributed by atoms with Crippen LogP contribution in [-0.4, -0.2) is 11.1 Å². The van der Waals surface area contributed by atoms with Gasteiger partial charge in [-0.05, 0) is 17.7 Å². The van der Waals surface area contributed by atoms with Crippen molar-refractivity contribution in [3.8, 4) is 0 Å². The molecule has 0 bridgehead atoms. The smallest absolute Gasteiger partial charge is 0.325 e. The van der Waals surface area contributed by atoms with Gasteiger partial charge in [-0.2, -0.15) is 0 Å². The molecule has 0 radical (unpaired) electrons. The summed E-state index contributed by atoms with van der Waals surface area (Å²) < 4.78 is 4.66. The van der Waals surface area contributed by atoms with Crippen molar-refractivity contribution in [3.05, 3.63) is 23.1 Å². The summed E-state index contributed by atoms with van der Waals surface area (Å²) in [6.45, 7) is 0. The van der Waals surface area contributed by atoms with Crippen LogP contribution in [0.25, 0.3) is 0 Å². The van der Waals surface area contributed by atoms with Crippen molar-refractivity contribution < 1.29 is 14.3 Å². The minimum absolute atomic E-state index is 0.0277. The number of rotatable bonds is 2. The van der Waals surface area contributed by atoms with E-state index in [0.717, 1.165) is 0 Å². The summed E-state index contributed by atoms with van der Waals surface area (Å²) in [6, 6.07) is 0.322. The average Bonchev–Trinajstić information content (AvgIpc) is 2.33. The maximum absolute atomic E-state index is 10.3. The minimum Gasteiger partial charge on any atom is -0.480 e. The number of hydrogen-bond donors (Lipinski definition) is 2. The van der Waals surface area contributed by atoms with E-state index < -0.39 is 12.0 Å². The van der Waals surface area contributed by atoms with Crippen LogP contribution in [0.2, 0.25) is 5.22 Å². The van der Waals surface area contributed by atoms with Crippen molar-refractivity contribution in [2.24, 2.45) is 5.73 Å². The van der Waals surface area contributed by atoms with E-state index in [1.807, 2.05) is 0 Å². The maximum atomic E-state index is 10.3. The molecule has 60 valence electrons. The normalized spacial score (nSPS) is 12.9. The summed E-state index contributed by atoms with van der Waals surface area (Å²) in [5.74, 6) is -1.13. The van der Waals surface area contributed by atoms with Gasteiger partial charge in [0.15, 0.2) is 5.22 Å². The van der Waals surface area contributed by atoms with Gasteiger partial charge in [0.2, 0.25) is 0 Å². The number of hydrogen-bond acceptors (Lipinski definition) is 3. The Morgan fingerprint density at radius 3 is 2.82 bits per heavy atom. The summed E-state index contributed by atoms with van der Waals surface area (Å²) in [4.78, 5) is 10.3. The number of carbonyl (C=O) groups is 1. The molecular formula is C6H6ClNO3. The number of nitrogens with two attached hydrogens (primary N) is 1. The lowest BCUT2D eigenvalue weighted by atomic mass is 10.2. The molecule has 0 aliphatic carbocycles. The van der Waals surface area contributed by atoms with E-state index in [1.165, 1.54) is 12.3 Å². The van der Waals surface area contributed by atoms with Crippen LogP contribution in [0, 0.1) is 0 Å². The highest BCUT2D eigenvalue weighted by molar-refractivity contribution is 6.29. The Balaban J connectivity index is 2.92. The molecule has 0 amide bonds. The summed E-state index contributed by atoms with van der Waals surface area (Å²) in [5, 5.41) is 8.48. The first kappa shape index (κ1) is 8.10. The van der Waals surface area contributed by atoms with E-state index in [4.69, 9.17) is 22.4 Å². The predicted octanol–water partition coefficient (Wildman–Crippen LogP) is 1.02. The number of carboxylic acid groups (broad SMARTS) is 1. The molecule has 1 aromatic rings. The van der Waals surface area contributed by atoms with Gasteiger partial charge in [-0.25, -0.2) is 0 Å². The lowest BCUT2D eigenvalue weighted by Crippen LogP contribution is -2.20. The van der Waals surface area contributed by atoms with E-state index in [9.17, 15) is 4.79 Å². The van der Waals surface area contributed by atoms with Crippen LogP contribution in [0.1, 0.15) is 11.6 Å². The van der Waals surface area contributed by atoms with Crippen molar-refractivity contribution in [3.63, 3.8) is 0 Å². The van der Waals surface area contributed by atoms with Crippen LogP contribution in [0.4, 0.5) is 0 Å². The molecule has 1 heterocycles. The first-order valence-corrected chi connectivity index (χ1v) is 3.22. The van der Waals surface area contributed by atoms with Crippen LogP contribution in [0.3, 0.4) is 0 Å². The monoisotopic (exact) mass is 175 g/mol. The fourth-order valence-corrected chi connectivity index (χ4v) is 0.892. The number of carboxylic acids is 1. The van der Waals surface area contributed by atoms with Gasteiger partial charge in [-0.15, -0.1) is 0 Å². The molecular weight excluding hydrogens is 170 g/mol. The number of furan rings is 1. The molecule has 1 unspecified atom stereocenters. The Morgan fingerprint density at radius 1 is 1.82 bits per heavy atom. The van der Waals surface area contributed by atoms with Gasteiger partial charge in [-0.1, -0.05) is 0 Å². The highest BCUT2D eigenvalue weighted by Crippen LogP contribution is 2.22. The Kier molecular flexibility index (Phi) is 2.16. The second-order valence-electron chi connectivity index (χ2n) is 1.97. The molecule has 0 aliphatic rings.